The van der Waals surface area contributed by atoms with Gasteiger partial charge >= 0.3 is 5.97 Å². The second-order valence-corrected chi connectivity index (χ2v) is 5.50. The smallest absolute Gasteiger partial charge is 0.321 e. The summed E-state index contributed by atoms with van der Waals surface area (Å²) in [7, 11) is 0. The highest BCUT2D eigenvalue weighted by molar-refractivity contribution is 5.74. The molecule has 2 heterocycles. The fraction of sp³-hybridized carbons (Fsp3) is 0.375. The number of benzene rings is 1. The Morgan fingerprint density at radius 3 is 2.90 bits per heavy atom. The van der Waals surface area contributed by atoms with Crippen molar-refractivity contribution in [2.45, 2.75) is 25.9 Å². The van der Waals surface area contributed by atoms with Crippen LogP contribution in [0, 0.1) is 5.92 Å². The number of aliphatic carboxylic acids is 1. The minimum absolute atomic E-state index is 0.158. The van der Waals surface area contributed by atoms with E-state index in [9.17, 15) is 9.90 Å². The van der Waals surface area contributed by atoms with Crippen molar-refractivity contribution >= 4 is 5.97 Å². The number of carboxylic acids is 1. The van der Waals surface area contributed by atoms with Gasteiger partial charge in [0.15, 0.2) is 5.76 Å². The molecule has 0 saturated carbocycles. The van der Waals surface area contributed by atoms with E-state index in [-0.39, 0.29) is 5.92 Å². The van der Waals surface area contributed by atoms with Gasteiger partial charge in [0.1, 0.15) is 6.04 Å². The minimum atomic E-state index is -0.769. The van der Waals surface area contributed by atoms with Crippen molar-refractivity contribution in [2.75, 3.05) is 6.54 Å². The van der Waals surface area contributed by atoms with Crippen molar-refractivity contribution in [3.05, 3.63) is 42.4 Å². The summed E-state index contributed by atoms with van der Waals surface area (Å²) < 4.78 is 5.75. The first-order valence-electron chi connectivity index (χ1n) is 7.12. The molecule has 5 heteroatoms. The van der Waals surface area contributed by atoms with E-state index in [1.807, 2.05) is 42.2 Å². The van der Waals surface area contributed by atoms with Gasteiger partial charge in [0.05, 0.1) is 12.7 Å². The first kappa shape index (κ1) is 13.8. The Kier molecular flexibility index (Phi) is 3.75. The average Bonchev–Trinajstić information content (AvgIpc) is 3.07. The van der Waals surface area contributed by atoms with E-state index in [1.165, 1.54) is 0 Å². The lowest BCUT2D eigenvalue weighted by Crippen LogP contribution is -2.38. The molecule has 1 aromatic carbocycles. The molecule has 0 radical (unpaired) electrons. The minimum Gasteiger partial charge on any atom is -0.480 e. The highest BCUT2D eigenvalue weighted by atomic mass is 16.4. The topological polar surface area (TPSA) is 66.6 Å². The number of nitrogens with zero attached hydrogens (tertiary/aromatic N) is 2. The van der Waals surface area contributed by atoms with E-state index >= 15 is 0 Å². The van der Waals surface area contributed by atoms with E-state index in [0.717, 1.165) is 18.5 Å². The number of hydrogen-bond acceptors (Lipinski definition) is 4. The van der Waals surface area contributed by atoms with Gasteiger partial charge in [-0.3, -0.25) is 9.69 Å². The van der Waals surface area contributed by atoms with Gasteiger partial charge in [-0.15, -0.1) is 0 Å². The molecule has 0 aliphatic carbocycles. The van der Waals surface area contributed by atoms with Gasteiger partial charge < -0.3 is 9.52 Å². The second kappa shape index (κ2) is 5.69. The van der Waals surface area contributed by atoms with Crippen LogP contribution in [0.1, 0.15) is 19.2 Å². The lowest BCUT2D eigenvalue weighted by Gasteiger charge is -2.21. The molecule has 1 aromatic heterocycles. The first-order chi connectivity index (χ1) is 10.1. The highest BCUT2D eigenvalue weighted by Gasteiger charge is 2.37. The van der Waals surface area contributed by atoms with Crippen LogP contribution < -0.4 is 0 Å². The number of oxazole rings is 1. The molecule has 1 saturated heterocycles. The monoisotopic (exact) mass is 286 g/mol. The Balaban J connectivity index is 1.74. The van der Waals surface area contributed by atoms with Crippen LogP contribution in [0.4, 0.5) is 0 Å². The number of likely N-dealkylation sites (tertiary alicyclic amines) is 1. The van der Waals surface area contributed by atoms with Gasteiger partial charge in [-0.1, -0.05) is 37.3 Å². The van der Waals surface area contributed by atoms with Crippen molar-refractivity contribution in [3.8, 4) is 11.3 Å². The maximum atomic E-state index is 11.3. The Hall–Kier alpha value is -2.14. The van der Waals surface area contributed by atoms with Crippen molar-refractivity contribution in [2.24, 2.45) is 5.92 Å². The van der Waals surface area contributed by atoms with Crippen molar-refractivity contribution < 1.29 is 14.3 Å². The molecule has 1 aliphatic rings. The summed E-state index contributed by atoms with van der Waals surface area (Å²) in [5.41, 5.74) is 0.973. The molecule has 1 fully saturated rings. The molecular formula is C16H18N2O3. The molecule has 2 aromatic rings. The Morgan fingerprint density at radius 2 is 2.19 bits per heavy atom. The zero-order chi connectivity index (χ0) is 14.8. The Morgan fingerprint density at radius 1 is 1.43 bits per heavy atom. The molecule has 0 amide bonds. The summed E-state index contributed by atoms with van der Waals surface area (Å²) in [4.78, 5) is 17.5. The highest BCUT2D eigenvalue weighted by Crippen LogP contribution is 2.27. The number of hydrogen-bond donors (Lipinski definition) is 1. The fourth-order valence-corrected chi connectivity index (χ4v) is 2.90. The SMILES string of the molecule is CC1CCN(Cc2ncc(-c3ccccc3)o2)C1C(=O)O. The number of rotatable bonds is 4. The third-order valence-corrected chi connectivity index (χ3v) is 4.01. The van der Waals surface area contributed by atoms with Crippen LogP contribution >= 0.6 is 0 Å². The van der Waals surface area contributed by atoms with Gasteiger partial charge in [-0.25, -0.2) is 4.98 Å². The zero-order valence-electron chi connectivity index (χ0n) is 11.9. The molecule has 110 valence electrons. The van der Waals surface area contributed by atoms with Crippen LogP contribution in [-0.2, 0) is 11.3 Å². The third kappa shape index (κ3) is 2.83. The molecule has 3 rings (SSSR count). The number of aromatic nitrogens is 1. The summed E-state index contributed by atoms with van der Waals surface area (Å²) >= 11 is 0. The molecule has 1 N–H and O–H groups in total. The van der Waals surface area contributed by atoms with Crippen LogP contribution in [0.5, 0.6) is 0 Å². The van der Waals surface area contributed by atoms with Gasteiger partial charge in [0.25, 0.3) is 0 Å². The lowest BCUT2D eigenvalue weighted by atomic mass is 10.0. The maximum Gasteiger partial charge on any atom is 0.321 e. The second-order valence-electron chi connectivity index (χ2n) is 5.50. The first-order valence-corrected chi connectivity index (χ1v) is 7.12. The zero-order valence-corrected chi connectivity index (χ0v) is 11.9. The molecule has 1 aliphatic heterocycles. The average molecular weight is 286 g/mol. The molecule has 2 atom stereocenters. The van der Waals surface area contributed by atoms with E-state index in [4.69, 9.17) is 4.42 Å². The van der Waals surface area contributed by atoms with E-state index in [2.05, 4.69) is 4.98 Å². The van der Waals surface area contributed by atoms with Crippen molar-refractivity contribution in [1.29, 1.82) is 0 Å². The molecular weight excluding hydrogens is 268 g/mol. The number of carbonyl (C=O) groups is 1. The van der Waals surface area contributed by atoms with Gasteiger partial charge in [0, 0.05) is 5.56 Å². The molecule has 5 nitrogen and oxygen atoms in total. The van der Waals surface area contributed by atoms with Gasteiger partial charge in [-0.05, 0) is 18.9 Å². The number of carboxylic acid groups (broad SMARTS) is 1. The van der Waals surface area contributed by atoms with E-state index in [0.29, 0.717) is 18.2 Å². The molecule has 2 unspecified atom stereocenters. The molecule has 21 heavy (non-hydrogen) atoms. The largest absolute Gasteiger partial charge is 0.480 e. The van der Waals surface area contributed by atoms with Crippen molar-refractivity contribution in [3.63, 3.8) is 0 Å². The summed E-state index contributed by atoms with van der Waals surface area (Å²) in [6.45, 7) is 3.18. The quantitative estimate of drug-likeness (QED) is 0.936. The molecule has 0 spiro atoms. The van der Waals surface area contributed by atoms with Gasteiger partial charge in [-0.2, -0.15) is 0 Å². The van der Waals surface area contributed by atoms with Crippen molar-refractivity contribution in [1.82, 2.24) is 9.88 Å². The lowest BCUT2D eigenvalue weighted by molar-refractivity contribution is -0.143. The fourth-order valence-electron chi connectivity index (χ4n) is 2.90. The van der Waals surface area contributed by atoms with Crippen LogP contribution in [0.3, 0.4) is 0 Å². The van der Waals surface area contributed by atoms with Crippen LogP contribution in [-0.4, -0.2) is 33.5 Å². The summed E-state index contributed by atoms with van der Waals surface area (Å²) in [6.07, 6.45) is 2.59. The standard InChI is InChI=1S/C16H18N2O3/c1-11-7-8-18(15(11)16(19)20)10-14-17-9-13(21-14)12-5-3-2-4-6-12/h2-6,9,11,15H,7-8,10H2,1H3,(H,19,20). The van der Waals surface area contributed by atoms with Crippen LogP contribution in [0.25, 0.3) is 11.3 Å². The van der Waals surface area contributed by atoms with E-state index in [1.54, 1.807) is 6.20 Å². The van der Waals surface area contributed by atoms with E-state index < -0.39 is 12.0 Å². The Labute approximate surface area is 123 Å². The normalized spacial score (nSPS) is 22.5. The third-order valence-electron chi connectivity index (χ3n) is 4.01. The Bertz CT molecular complexity index is 623. The predicted molar refractivity (Wildman–Crippen MR) is 77.6 cm³/mol. The van der Waals surface area contributed by atoms with Crippen LogP contribution in [0.15, 0.2) is 40.9 Å². The summed E-state index contributed by atoms with van der Waals surface area (Å²) in [5, 5.41) is 9.32. The predicted octanol–water partition coefficient (Wildman–Crippen LogP) is 2.64. The summed E-state index contributed by atoms with van der Waals surface area (Å²) in [6, 6.07) is 9.31. The molecule has 0 bridgehead atoms. The van der Waals surface area contributed by atoms with Gasteiger partial charge in [0.2, 0.25) is 5.89 Å². The summed E-state index contributed by atoms with van der Waals surface area (Å²) in [5.74, 6) is 0.666. The maximum absolute atomic E-state index is 11.3. The van der Waals surface area contributed by atoms with Crippen LogP contribution in [0.2, 0.25) is 0 Å².